The molecule has 1 aromatic heterocycles. The second-order valence-corrected chi connectivity index (χ2v) is 3.30. The number of aromatic nitrogens is 1. The van der Waals surface area contributed by atoms with E-state index in [9.17, 15) is 0 Å². The van der Waals surface area contributed by atoms with Gasteiger partial charge in [0.15, 0.2) is 0 Å². The van der Waals surface area contributed by atoms with Crippen LogP contribution < -0.4 is 4.52 Å². The number of nitrogens with zero attached hydrogens (tertiary/aromatic N) is 1. The van der Waals surface area contributed by atoms with Gasteiger partial charge in [0.1, 0.15) is 0 Å². The van der Waals surface area contributed by atoms with Crippen molar-refractivity contribution in [1.29, 1.82) is 0 Å². The van der Waals surface area contributed by atoms with E-state index in [2.05, 4.69) is 4.98 Å². The SMILES string of the molecule is c1ccc(OP2OCCO2)nc1. The van der Waals surface area contributed by atoms with Gasteiger partial charge >= 0.3 is 8.60 Å². The summed E-state index contributed by atoms with van der Waals surface area (Å²) < 4.78 is 15.6. The zero-order valence-corrected chi connectivity index (χ0v) is 7.24. The van der Waals surface area contributed by atoms with E-state index in [0.717, 1.165) is 0 Å². The molecule has 0 N–H and O–H groups in total. The van der Waals surface area contributed by atoms with Crippen molar-refractivity contribution < 1.29 is 13.6 Å². The molecule has 2 rings (SSSR count). The number of hydrogen-bond acceptors (Lipinski definition) is 4. The third-order valence-electron chi connectivity index (χ3n) is 1.28. The fraction of sp³-hybridized carbons (Fsp3) is 0.286. The van der Waals surface area contributed by atoms with Gasteiger partial charge in [0.05, 0.1) is 13.2 Å². The monoisotopic (exact) mass is 185 g/mol. The van der Waals surface area contributed by atoms with E-state index >= 15 is 0 Å². The Morgan fingerprint density at radius 1 is 1.33 bits per heavy atom. The van der Waals surface area contributed by atoms with Crippen LogP contribution in [-0.4, -0.2) is 18.2 Å². The van der Waals surface area contributed by atoms with Crippen molar-refractivity contribution >= 4 is 8.60 Å². The Labute approximate surface area is 71.5 Å². The summed E-state index contributed by atoms with van der Waals surface area (Å²) >= 11 is 0. The lowest BCUT2D eigenvalue weighted by Gasteiger charge is -2.06. The predicted octanol–water partition coefficient (Wildman–Crippen LogP) is 1.73. The van der Waals surface area contributed by atoms with E-state index in [1.54, 1.807) is 12.3 Å². The van der Waals surface area contributed by atoms with Crippen LogP contribution in [0.5, 0.6) is 5.88 Å². The molecule has 0 atom stereocenters. The summed E-state index contributed by atoms with van der Waals surface area (Å²) in [6.07, 6.45) is 1.67. The minimum Gasteiger partial charge on any atom is -0.408 e. The van der Waals surface area contributed by atoms with Gasteiger partial charge in [0, 0.05) is 12.3 Å². The Kier molecular flexibility index (Phi) is 2.51. The average molecular weight is 185 g/mol. The molecule has 0 bridgehead atoms. The van der Waals surface area contributed by atoms with Gasteiger partial charge in [-0.1, -0.05) is 6.07 Å². The summed E-state index contributed by atoms with van der Waals surface area (Å²) in [5.41, 5.74) is 0. The molecular weight excluding hydrogens is 177 g/mol. The molecular formula is C7H8NO3P. The second-order valence-electron chi connectivity index (χ2n) is 2.15. The second kappa shape index (κ2) is 3.81. The van der Waals surface area contributed by atoms with Crippen LogP contribution in [0.15, 0.2) is 24.4 Å². The molecule has 0 saturated carbocycles. The van der Waals surface area contributed by atoms with Gasteiger partial charge in [0.25, 0.3) is 0 Å². The molecule has 0 aliphatic carbocycles. The first-order valence-corrected chi connectivity index (χ1v) is 4.70. The smallest absolute Gasteiger partial charge is 0.398 e. The van der Waals surface area contributed by atoms with Crippen LogP contribution >= 0.6 is 8.60 Å². The summed E-state index contributed by atoms with van der Waals surface area (Å²) in [5, 5.41) is 0. The highest BCUT2D eigenvalue weighted by molar-refractivity contribution is 7.42. The summed E-state index contributed by atoms with van der Waals surface area (Å²) in [5.74, 6) is 0.547. The standard InChI is InChI=1S/C7H8NO3P/c1-2-4-8-7(3-1)11-12-9-5-6-10-12/h1-4H,5-6H2. The van der Waals surface area contributed by atoms with E-state index in [4.69, 9.17) is 13.6 Å². The predicted molar refractivity (Wildman–Crippen MR) is 43.7 cm³/mol. The minimum atomic E-state index is -1.18. The molecule has 0 spiro atoms. The molecule has 0 amide bonds. The Hall–Kier alpha value is -0.700. The summed E-state index contributed by atoms with van der Waals surface area (Å²) in [4.78, 5) is 3.98. The van der Waals surface area contributed by atoms with Gasteiger partial charge in [-0.2, -0.15) is 0 Å². The lowest BCUT2D eigenvalue weighted by atomic mass is 10.5. The molecule has 64 valence electrons. The molecule has 0 aromatic carbocycles. The maximum Gasteiger partial charge on any atom is 0.398 e. The van der Waals surface area contributed by atoms with Gasteiger partial charge in [-0.05, 0) is 6.07 Å². The highest BCUT2D eigenvalue weighted by Gasteiger charge is 2.20. The van der Waals surface area contributed by atoms with Crippen molar-refractivity contribution in [3.05, 3.63) is 24.4 Å². The van der Waals surface area contributed by atoms with E-state index in [-0.39, 0.29) is 0 Å². The third kappa shape index (κ3) is 1.91. The van der Waals surface area contributed by atoms with Crippen LogP contribution in [0, 0.1) is 0 Å². The van der Waals surface area contributed by atoms with E-state index in [1.165, 1.54) is 0 Å². The van der Waals surface area contributed by atoms with Crippen molar-refractivity contribution in [3.63, 3.8) is 0 Å². The third-order valence-corrected chi connectivity index (χ3v) is 2.41. The van der Waals surface area contributed by atoms with Crippen LogP contribution in [0.1, 0.15) is 0 Å². The number of pyridine rings is 1. The van der Waals surface area contributed by atoms with Crippen LogP contribution in [0.4, 0.5) is 0 Å². The van der Waals surface area contributed by atoms with Gasteiger partial charge in [0.2, 0.25) is 5.88 Å². The molecule has 0 unspecified atom stereocenters. The average Bonchev–Trinajstić information content (AvgIpc) is 2.59. The van der Waals surface area contributed by atoms with Gasteiger partial charge in [-0.3, -0.25) is 9.05 Å². The summed E-state index contributed by atoms with van der Waals surface area (Å²) in [6.45, 7) is 1.22. The van der Waals surface area contributed by atoms with Crippen molar-refractivity contribution in [2.24, 2.45) is 0 Å². The topological polar surface area (TPSA) is 40.6 Å². The molecule has 1 aliphatic heterocycles. The highest BCUT2D eigenvalue weighted by Crippen LogP contribution is 2.43. The van der Waals surface area contributed by atoms with Crippen LogP contribution in [0.2, 0.25) is 0 Å². The highest BCUT2D eigenvalue weighted by atomic mass is 31.2. The van der Waals surface area contributed by atoms with Crippen LogP contribution in [0.25, 0.3) is 0 Å². The molecule has 0 radical (unpaired) electrons. The molecule has 5 heteroatoms. The number of hydrogen-bond donors (Lipinski definition) is 0. The van der Waals surface area contributed by atoms with E-state index in [1.807, 2.05) is 12.1 Å². The normalized spacial score (nSPS) is 18.0. The first kappa shape index (κ1) is 7.92. The lowest BCUT2D eigenvalue weighted by Crippen LogP contribution is -1.88. The fourth-order valence-corrected chi connectivity index (χ4v) is 1.68. The van der Waals surface area contributed by atoms with Gasteiger partial charge in [-0.15, -0.1) is 0 Å². The largest absolute Gasteiger partial charge is 0.408 e. The Bertz CT molecular complexity index is 238. The first-order chi connectivity index (χ1) is 5.95. The maximum absolute atomic E-state index is 5.28. The van der Waals surface area contributed by atoms with Crippen LogP contribution in [0.3, 0.4) is 0 Å². The Balaban J connectivity index is 1.94. The van der Waals surface area contributed by atoms with Crippen molar-refractivity contribution in [3.8, 4) is 5.88 Å². The first-order valence-electron chi connectivity index (χ1n) is 3.60. The molecule has 1 aliphatic rings. The van der Waals surface area contributed by atoms with Gasteiger partial charge < -0.3 is 4.52 Å². The van der Waals surface area contributed by atoms with Crippen molar-refractivity contribution in [1.82, 2.24) is 4.98 Å². The molecule has 12 heavy (non-hydrogen) atoms. The van der Waals surface area contributed by atoms with Gasteiger partial charge in [-0.25, -0.2) is 4.98 Å². The fourth-order valence-electron chi connectivity index (χ4n) is 0.791. The Morgan fingerprint density at radius 2 is 2.17 bits per heavy atom. The number of rotatable bonds is 2. The molecule has 1 aromatic rings. The molecule has 4 nitrogen and oxygen atoms in total. The maximum atomic E-state index is 5.28. The quantitative estimate of drug-likeness (QED) is 0.658. The molecule has 2 heterocycles. The summed E-state index contributed by atoms with van der Waals surface area (Å²) in [6, 6.07) is 5.46. The van der Waals surface area contributed by atoms with Crippen molar-refractivity contribution in [2.75, 3.05) is 13.2 Å². The Morgan fingerprint density at radius 3 is 2.83 bits per heavy atom. The molecule has 1 fully saturated rings. The van der Waals surface area contributed by atoms with Crippen LogP contribution in [-0.2, 0) is 9.05 Å². The molecule has 1 saturated heterocycles. The zero-order chi connectivity index (χ0) is 8.23. The van der Waals surface area contributed by atoms with E-state index in [0.29, 0.717) is 19.1 Å². The van der Waals surface area contributed by atoms with Crippen molar-refractivity contribution in [2.45, 2.75) is 0 Å². The zero-order valence-electron chi connectivity index (χ0n) is 6.34. The minimum absolute atomic E-state index is 0.547. The lowest BCUT2D eigenvalue weighted by molar-refractivity contribution is 0.349. The van der Waals surface area contributed by atoms with E-state index < -0.39 is 8.60 Å². The summed E-state index contributed by atoms with van der Waals surface area (Å²) in [7, 11) is -1.18.